The third-order valence-electron chi connectivity index (χ3n) is 3.03. The fourth-order valence-corrected chi connectivity index (χ4v) is 2.24. The molecule has 1 fully saturated rings. The van der Waals surface area contributed by atoms with E-state index in [1.54, 1.807) is 13.3 Å². The predicted octanol–water partition coefficient (Wildman–Crippen LogP) is 1.77. The van der Waals surface area contributed by atoms with Crippen LogP contribution >= 0.6 is 0 Å². The van der Waals surface area contributed by atoms with E-state index in [0.29, 0.717) is 5.88 Å². The van der Waals surface area contributed by atoms with Crippen molar-refractivity contribution in [2.75, 3.05) is 13.7 Å². The quantitative estimate of drug-likeness (QED) is 0.729. The van der Waals surface area contributed by atoms with Crippen LogP contribution in [0.2, 0.25) is 0 Å². The Hall–Kier alpha value is -1.58. The Kier molecular flexibility index (Phi) is 3.39. The molecule has 1 atom stereocenters. The molecule has 4 nitrogen and oxygen atoms in total. The first kappa shape index (κ1) is 10.9. The van der Waals surface area contributed by atoms with E-state index in [2.05, 4.69) is 4.98 Å². The van der Waals surface area contributed by atoms with Crippen LogP contribution in [0.3, 0.4) is 0 Å². The molecule has 2 heterocycles. The number of ether oxygens (including phenoxy) is 1. The van der Waals surface area contributed by atoms with Crippen LogP contribution in [-0.2, 0) is 4.79 Å². The number of hydrogen-bond acceptors (Lipinski definition) is 3. The molecule has 1 aromatic heterocycles. The normalized spacial score (nSPS) is 20.6. The fourth-order valence-electron chi connectivity index (χ4n) is 2.24. The van der Waals surface area contributed by atoms with Gasteiger partial charge in [0, 0.05) is 18.3 Å². The summed E-state index contributed by atoms with van der Waals surface area (Å²) in [7, 11) is 1.61. The summed E-state index contributed by atoms with van der Waals surface area (Å²) >= 11 is 0. The highest BCUT2D eigenvalue weighted by atomic mass is 16.5. The number of rotatable bonds is 3. The molecule has 0 aromatic carbocycles. The van der Waals surface area contributed by atoms with E-state index in [0.717, 1.165) is 37.8 Å². The van der Waals surface area contributed by atoms with E-state index in [-0.39, 0.29) is 6.04 Å². The van der Waals surface area contributed by atoms with Gasteiger partial charge in [-0.1, -0.05) is 6.07 Å². The number of nitrogens with zero attached hydrogens (tertiary/aromatic N) is 2. The number of amides is 1. The molecule has 1 saturated heterocycles. The van der Waals surface area contributed by atoms with Crippen LogP contribution in [0.15, 0.2) is 18.3 Å². The van der Waals surface area contributed by atoms with Gasteiger partial charge in [0.15, 0.2) is 0 Å². The second kappa shape index (κ2) is 4.96. The van der Waals surface area contributed by atoms with Crippen LogP contribution in [0.5, 0.6) is 5.88 Å². The molecular weight excluding hydrogens is 204 g/mol. The van der Waals surface area contributed by atoms with E-state index < -0.39 is 0 Å². The van der Waals surface area contributed by atoms with Crippen molar-refractivity contribution in [2.45, 2.75) is 25.3 Å². The maximum atomic E-state index is 11.0. The third kappa shape index (κ3) is 2.01. The molecule has 0 spiro atoms. The van der Waals surface area contributed by atoms with Crippen LogP contribution in [0.4, 0.5) is 0 Å². The van der Waals surface area contributed by atoms with Crippen molar-refractivity contribution in [2.24, 2.45) is 0 Å². The van der Waals surface area contributed by atoms with Gasteiger partial charge in [0.1, 0.15) is 0 Å². The van der Waals surface area contributed by atoms with Gasteiger partial charge >= 0.3 is 0 Å². The average molecular weight is 220 g/mol. The maximum Gasteiger partial charge on any atom is 0.218 e. The molecule has 0 bridgehead atoms. The Morgan fingerprint density at radius 3 is 3.19 bits per heavy atom. The zero-order valence-electron chi connectivity index (χ0n) is 9.43. The van der Waals surface area contributed by atoms with Crippen molar-refractivity contribution in [1.29, 1.82) is 0 Å². The van der Waals surface area contributed by atoms with Gasteiger partial charge in [-0.05, 0) is 25.3 Å². The maximum absolute atomic E-state index is 11.0. The molecule has 1 amide bonds. The molecule has 0 aliphatic carbocycles. The average Bonchev–Trinajstić information content (AvgIpc) is 2.38. The molecule has 2 rings (SSSR count). The number of pyridine rings is 1. The summed E-state index contributed by atoms with van der Waals surface area (Å²) in [5, 5.41) is 0. The van der Waals surface area contributed by atoms with Crippen molar-refractivity contribution < 1.29 is 9.53 Å². The first-order valence-electron chi connectivity index (χ1n) is 5.56. The number of carbonyl (C=O) groups is 1. The lowest BCUT2D eigenvalue weighted by Gasteiger charge is -2.33. The third-order valence-corrected chi connectivity index (χ3v) is 3.03. The van der Waals surface area contributed by atoms with Crippen molar-refractivity contribution in [3.05, 3.63) is 23.9 Å². The van der Waals surface area contributed by atoms with Gasteiger partial charge in [-0.25, -0.2) is 4.98 Å². The zero-order valence-corrected chi connectivity index (χ0v) is 9.43. The lowest BCUT2D eigenvalue weighted by Crippen LogP contribution is -2.32. The molecule has 1 unspecified atom stereocenters. The minimum Gasteiger partial charge on any atom is -0.481 e. The molecule has 4 heteroatoms. The highest BCUT2D eigenvalue weighted by Crippen LogP contribution is 2.33. The highest BCUT2D eigenvalue weighted by Gasteiger charge is 2.25. The van der Waals surface area contributed by atoms with E-state index >= 15 is 0 Å². The summed E-state index contributed by atoms with van der Waals surface area (Å²) in [6.45, 7) is 0.826. The molecule has 0 radical (unpaired) electrons. The number of piperidine rings is 1. The van der Waals surface area contributed by atoms with Gasteiger partial charge in [0.05, 0.1) is 13.2 Å². The predicted molar refractivity (Wildman–Crippen MR) is 60.2 cm³/mol. The van der Waals surface area contributed by atoms with Gasteiger partial charge in [-0.2, -0.15) is 0 Å². The second-order valence-corrected chi connectivity index (χ2v) is 3.96. The fraction of sp³-hybridized carbons (Fsp3) is 0.500. The van der Waals surface area contributed by atoms with E-state index in [1.165, 1.54) is 0 Å². The van der Waals surface area contributed by atoms with E-state index in [9.17, 15) is 4.79 Å². The number of likely N-dealkylation sites (tertiary alicyclic amines) is 1. The molecule has 1 aliphatic rings. The van der Waals surface area contributed by atoms with Crippen LogP contribution < -0.4 is 4.74 Å². The molecule has 86 valence electrons. The van der Waals surface area contributed by atoms with Crippen LogP contribution in [0.1, 0.15) is 30.9 Å². The van der Waals surface area contributed by atoms with Gasteiger partial charge in [0.2, 0.25) is 12.3 Å². The lowest BCUT2D eigenvalue weighted by molar-refractivity contribution is -0.121. The highest BCUT2D eigenvalue weighted by molar-refractivity contribution is 5.50. The lowest BCUT2D eigenvalue weighted by atomic mass is 9.96. The van der Waals surface area contributed by atoms with Gasteiger partial charge < -0.3 is 9.64 Å². The van der Waals surface area contributed by atoms with E-state index in [4.69, 9.17) is 4.74 Å². The van der Waals surface area contributed by atoms with Crippen molar-refractivity contribution in [3.63, 3.8) is 0 Å². The molecular formula is C12H16N2O2. The van der Waals surface area contributed by atoms with Crippen molar-refractivity contribution in [1.82, 2.24) is 9.88 Å². The SMILES string of the molecule is COc1ncccc1C1CCCCN1C=O. The van der Waals surface area contributed by atoms with Crippen LogP contribution in [0, 0.1) is 0 Å². The molecule has 0 saturated carbocycles. The summed E-state index contributed by atoms with van der Waals surface area (Å²) in [6, 6.07) is 3.99. The minimum absolute atomic E-state index is 0.120. The molecule has 16 heavy (non-hydrogen) atoms. The Morgan fingerprint density at radius 1 is 1.56 bits per heavy atom. The smallest absolute Gasteiger partial charge is 0.218 e. The summed E-state index contributed by atoms with van der Waals surface area (Å²) in [6.07, 6.45) is 5.85. The Balaban J connectivity index is 2.30. The monoisotopic (exact) mass is 220 g/mol. The Bertz CT molecular complexity index is 368. The number of hydrogen-bond donors (Lipinski definition) is 0. The van der Waals surface area contributed by atoms with Crippen molar-refractivity contribution >= 4 is 6.41 Å². The Morgan fingerprint density at radius 2 is 2.44 bits per heavy atom. The summed E-state index contributed by atoms with van der Waals surface area (Å²) in [5.41, 5.74) is 1.01. The molecule has 1 aliphatic heterocycles. The first-order valence-corrected chi connectivity index (χ1v) is 5.56. The van der Waals surface area contributed by atoms with Crippen LogP contribution in [-0.4, -0.2) is 29.9 Å². The zero-order chi connectivity index (χ0) is 11.4. The van der Waals surface area contributed by atoms with Crippen molar-refractivity contribution in [3.8, 4) is 5.88 Å². The number of carbonyl (C=O) groups excluding carboxylic acids is 1. The molecule has 0 N–H and O–H groups in total. The largest absolute Gasteiger partial charge is 0.481 e. The van der Waals surface area contributed by atoms with Gasteiger partial charge in [-0.15, -0.1) is 0 Å². The molecule has 1 aromatic rings. The number of aromatic nitrogens is 1. The summed E-state index contributed by atoms with van der Waals surface area (Å²) in [5.74, 6) is 0.626. The Labute approximate surface area is 95.2 Å². The van der Waals surface area contributed by atoms with Crippen LogP contribution in [0.25, 0.3) is 0 Å². The minimum atomic E-state index is 0.120. The topological polar surface area (TPSA) is 42.4 Å². The van der Waals surface area contributed by atoms with Gasteiger partial charge in [-0.3, -0.25) is 4.79 Å². The summed E-state index contributed by atoms with van der Waals surface area (Å²) < 4.78 is 5.24. The summed E-state index contributed by atoms with van der Waals surface area (Å²) in [4.78, 5) is 17.0. The van der Waals surface area contributed by atoms with Gasteiger partial charge in [0.25, 0.3) is 0 Å². The van der Waals surface area contributed by atoms with E-state index in [1.807, 2.05) is 17.0 Å². The first-order chi connectivity index (χ1) is 7.86. The standard InChI is InChI=1S/C12H16N2O2/c1-16-12-10(5-4-7-13-12)11-6-2-3-8-14(11)9-15/h4-5,7,9,11H,2-3,6,8H2,1H3. The number of methoxy groups -OCH3 is 1. The second-order valence-electron chi connectivity index (χ2n) is 3.96.